The van der Waals surface area contributed by atoms with Gasteiger partial charge < -0.3 is 14.9 Å². The van der Waals surface area contributed by atoms with Gasteiger partial charge in [-0.15, -0.1) is 0 Å². The zero-order valence-electron chi connectivity index (χ0n) is 19.6. The third-order valence-corrected chi connectivity index (χ3v) is 6.12. The molecule has 0 spiro atoms. The largest absolute Gasteiger partial charge is 0.508 e. The van der Waals surface area contributed by atoms with Gasteiger partial charge >= 0.3 is 0 Å². The number of aromatic hydroxyl groups is 1. The van der Waals surface area contributed by atoms with Gasteiger partial charge in [-0.3, -0.25) is 14.5 Å². The predicted molar refractivity (Wildman–Crippen MR) is 131 cm³/mol. The van der Waals surface area contributed by atoms with Crippen molar-refractivity contribution in [3.63, 3.8) is 0 Å². The molecule has 1 aliphatic heterocycles. The van der Waals surface area contributed by atoms with E-state index in [9.17, 15) is 19.8 Å². The van der Waals surface area contributed by atoms with Crippen LogP contribution in [0.4, 0.5) is 5.69 Å². The summed E-state index contributed by atoms with van der Waals surface area (Å²) in [6.45, 7) is 5.84. The number of rotatable bonds is 5. The first kappa shape index (κ1) is 23.1. The molecule has 1 saturated heterocycles. The summed E-state index contributed by atoms with van der Waals surface area (Å²) in [5.41, 5.74) is 3.05. The fraction of sp³-hybridized carbons (Fsp3) is 0.214. The van der Waals surface area contributed by atoms with Crippen LogP contribution < -0.4 is 9.64 Å². The molecule has 1 fully saturated rings. The Morgan fingerprint density at radius 2 is 1.71 bits per heavy atom. The third-order valence-electron chi connectivity index (χ3n) is 6.12. The van der Waals surface area contributed by atoms with E-state index in [1.54, 1.807) is 43.5 Å². The Kier molecular flexibility index (Phi) is 6.16. The SMILES string of the molecule is COc1cc(C)c(/C(O)=C2\C(=O)C(=O)N(c3ccccc3)C2c2cccc(O)c2)cc1C(C)C. The molecule has 34 heavy (non-hydrogen) atoms. The monoisotopic (exact) mass is 457 g/mol. The number of phenols is 1. The summed E-state index contributed by atoms with van der Waals surface area (Å²) >= 11 is 0. The van der Waals surface area contributed by atoms with Crippen LogP contribution in [0.3, 0.4) is 0 Å². The summed E-state index contributed by atoms with van der Waals surface area (Å²) in [5.74, 6) is -0.979. The van der Waals surface area contributed by atoms with Gasteiger partial charge in [0.25, 0.3) is 11.7 Å². The quantitative estimate of drug-likeness (QED) is 0.302. The molecule has 6 nitrogen and oxygen atoms in total. The lowest BCUT2D eigenvalue weighted by Gasteiger charge is -2.25. The molecule has 0 aromatic heterocycles. The molecular weight excluding hydrogens is 430 g/mol. The van der Waals surface area contributed by atoms with E-state index in [-0.39, 0.29) is 23.0 Å². The van der Waals surface area contributed by atoms with Crippen LogP contribution in [0.15, 0.2) is 72.3 Å². The second-order valence-corrected chi connectivity index (χ2v) is 8.66. The lowest BCUT2D eigenvalue weighted by atomic mass is 9.91. The molecule has 1 heterocycles. The van der Waals surface area contributed by atoms with Crippen molar-refractivity contribution in [2.24, 2.45) is 0 Å². The number of phenolic OH excluding ortho intramolecular Hbond substituents is 1. The average molecular weight is 458 g/mol. The van der Waals surface area contributed by atoms with Gasteiger partial charge in [0.15, 0.2) is 0 Å². The van der Waals surface area contributed by atoms with E-state index >= 15 is 0 Å². The number of amides is 1. The highest BCUT2D eigenvalue weighted by Crippen LogP contribution is 2.43. The van der Waals surface area contributed by atoms with E-state index in [0.717, 1.165) is 5.56 Å². The van der Waals surface area contributed by atoms with E-state index < -0.39 is 17.7 Å². The van der Waals surface area contributed by atoms with Gasteiger partial charge in [-0.2, -0.15) is 0 Å². The maximum Gasteiger partial charge on any atom is 0.300 e. The highest BCUT2D eigenvalue weighted by molar-refractivity contribution is 6.51. The Hall–Kier alpha value is -4.06. The number of methoxy groups -OCH3 is 1. The third kappa shape index (κ3) is 3.92. The number of hydrogen-bond acceptors (Lipinski definition) is 5. The number of hydrogen-bond donors (Lipinski definition) is 2. The van der Waals surface area contributed by atoms with Crippen molar-refractivity contribution in [3.05, 3.63) is 94.6 Å². The zero-order valence-corrected chi connectivity index (χ0v) is 19.6. The molecule has 3 aromatic carbocycles. The summed E-state index contributed by atoms with van der Waals surface area (Å²) in [7, 11) is 1.59. The standard InChI is InChI=1S/C28H27NO5/c1-16(2)21-15-22(17(3)13-23(21)34-4)26(31)24-25(18-9-8-12-20(30)14-18)29(28(33)27(24)32)19-10-6-5-7-11-19/h5-16,25,30-31H,1-4H3/b26-24+. The molecule has 1 atom stereocenters. The second-order valence-electron chi connectivity index (χ2n) is 8.66. The minimum atomic E-state index is -0.904. The Balaban J connectivity index is 1.99. The molecule has 0 radical (unpaired) electrons. The highest BCUT2D eigenvalue weighted by Gasteiger charge is 2.47. The van der Waals surface area contributed by atoms with Crippen molar-refractivity contribution in [1.82, 2.24) is 0 Å². The molecule has 1 unspecified atom stereocenters. The highest BCUT2D eigenvalue weighted by atomic mass is 16.5. The van der Waals surface area contributed by atoms with E-state index in [0.29, 0.717) is 28.1 Å². The van der Waals surface area contributed by atoms with Crippen molar-refractivity contribution in [1.29, 1.82) is 0 Å². The Morgan fingerprint density at radius 3 is 2.32 bits per heavy atom. The molecule has 3 aromatic rings. The number of ether oxygens (including phenoxy) is 1. The zero-order chi connectivity index (χ0) is 24.6. The van der Waals surface area contributed by atoms with Gasteiger partial charge in [0.05, 0.1) is 18.7 Å². The minimum absolute atomic E-state index is 0.00104. The molecule has 1 aliphatic rings. The van der Waals surface area contributed by atoms with E-state index in [4.69, 9.17) is 4.74 Å². The minimum Gasteiger partial charge on any atom is -0.508 e. The average Bonchev–Trinajstić information content (AvgIpc) is 3.09. The molecule has 6 heteroatoms. The maximum atomic E-state index is 13.3. The molecule has 0 saturated carbocycles. The van der Waals surface area contributed by atoms with Crippen LogP contribution in [-0.2, 0) is 9.59 Å². The van der Waals surface area contributed by atoms with Crippen LogP contribution in [0.25, 0.3) is 5.76 Å². The van der Waals surface area contributed by atoms with Crippen LogP contribution in [0, 0.1) is 6.92 Å². The summed E-state index contributed by atoms with van der Waals surface area (Å²) in [6, 6.07) is 17.9. The normalized spacial score (nSPS) is 17.4. The van der Waals surface area contributed by atoms with Crippen LogP contribution in [0.2, 0.25) is 0 Å². The first-order valence-corrected chi connectivity index (χ1v) is 11.1. The fourth-order valence-electron chi connectivity index (χ4n) is 4.42. The fourth-order valence-corrected chi connectivity index (χ4v) is 4.42. The first-order chi connectivity index (χ1) is 16.2. The maximum absolute atomic E-state index is 13.3. The smallest absolute Gasteiger partial charge is 0.300 e. The molecule has 2 N–H and O–H groups in total. The number of Topliss-reactive ketones (excluding diaryl/α,β-unsaturated/α-hetero) is 1. The summed E-state index contributed by atoms with van der Waals surface area (Å²) < 4.78 is 5.51. The van der Waals surface area contributed by atoms with E-state index in [1.165, 1.54) is 17.0 Å². The van der Waals surface area contributed by atoms with Crippen molar-refractivity contribution in [2.75, 3.05) is 12.0 Å². The topological polar surface area (TPSA) is 87.1 Å². The van der Waals surface area contributed by atoms with Crippen LogP contribution >= 0.6 is 0 Å². The molecule has 0 bridgehead atoms. The van der Waals surface area contributed by atoms with Gasteiger partial charge in [-0.05, 0) is 65.9 Å². The van der Waals surface area contributed by atoms with Gasteiger partial charge in [0, 0.05) is 11.3 Å². The molecule has 4 rings (SSSR count). The molecular formula is C28H27NO5. The van der Waals surface area contributed by atoms with Crippen LogP contribution in [0.1, 0.15) is 48.1 Å². The summed E-state index contributed by atoms with van der Waals surface area (Å²) in [4.78, 5) is 27.9. The predicted octanol–water partition coefficient (Wildman–Crippen LogP) is 5.46. The summed E-state index contributed by atoms with van der Waals surface area (Å²) in [6.07, 6.45) is 0. The van der Waals surface area contributed by atoms with Crippen LogP contribution in [0.5, 0.6) is 11.5 Å². The number of carbonyl (C=O) groups excluding carboxylic acids is 2. The second kappa shape index (κ2) is 9.06. The Bertz CT molecular complexity index is 1290. The number of anilines is 1. The number of aryl methyl sites for hydroxylation is 1. The number of nitrogens with zero attached hydrogens (tertiary/aromatic N) is 1. The van der Waals surface area contributed by atoms with Gasteiger partial charge in [-0.25, -0.2) is 0 Å². The van der Waals surface area contributed by atoms with Crippen molar-refractivity contribution >= 4 is 23.1 Å². The van der Waals surface area contributed by atoms with Gasteiger partial charge in [0.2, 0.25) is 0 Å². The van der Waals surface area contributed by atoms with Crippen molar-refractivity contribution in [3.8, 4) is 11.5 Å². The lowest BCUT2D eigenvalue weighted by molar-refractivity contribution is -0.132. The van der Waals surface area contributed by atoms with E-state index in [1.807, 2.05) is 39.0 Å². The van der Waals surface area contributed by atoms with E-state index in [2.05, 4.69) is 0 Å². The van der Waals surface area contributed by atoms with Gasteiger partial charge in [-0.1, -0.05) is 44.2 Å². The Morgan fingerprint density at radius 1 is 1.00 bits per heavy atom. The number of carbonyl (C=O) groups is 2. The van der Waals surface area contributed by atoms with Crippen molar-refractivity contribution < 1.29 is 24.5 Å². The number of benzene rings is 3. The van der Waals surface area contributed by atoms with Crippen molar-refractivity contribution in [2.45, 2.75) is 32.7 Å². The van der Waals surface area contributed by atoms with Gasteiger partial charge in [0.1, 0.15) is 17.3 Å². The first-order valence-electron chi connectivity index (χ1n) is 11.1. The molecule has 1 amide bonds. The number of para-hydroxylation sites is 1. The molecule has 0 aliphatic carbocycles. The molecule has 174 valence electrons. The number of aliphatic hydroxyl groups excluding tert-OH is 1. The lowest BCUT2D eigenvalue weighted by Crippen LogP contribution is -2.29. The Labute approximate surface area is 198 Å². The van der Waals surface area contributed by atoms with Crippen LogP contribution in [-0.4, -0.2) is 29.0 Å². The number of ketones is 1. The number of aliphatic hydroxyl groups is 1. The summed E-state index contributed by atoms with van der Waals surface area (Å²) in [5, 5.41) is 21.6.